The van der Waals surface area contributed by atoms with Crippen LogP contribution in [-0.2, 0) is 0 Å². The third kappa shape index (κ3) is 1.26. The molecule has 0 aliphatic rings. The van der Waals surface area contributed by atoms with Crippen molar-refractivity contribution in [2.24, 2.45) is 0 Å². The SMILES string of the molecule is Cc1ccc2c(Cl)c(C(=O)O)[nH]c2c1. The summed E-state index contributed by atoms with van der Waals surface area (Å²) < 4.78 is 0. The van der Waals surface area contributed by atoms with Gasteiger partial charge in [0.25, 0.3) is 0 Å². The number of H-pyrrole nitrogens is 1. The fraction of sp³-hybridized carbons (Fsp3) is 0.100. The number of aryl methyl sites for hydroxylation is 1. The van der Waals surface area contributed by atoms with E-state index in [2.05, 4.69) is 4.98 Å². The molecule has 14 heavy (non-hydrogen) atoms. The molecule has 0 bridgehead atoms. The third-order valence-corrected chi connectivity index (χ3v) is 2.50. The summed E-state index contributed by atoms with van der Waals surface area (Å²) in [5.41, 5.74) is 1.87. The normalized spacial score (nSPS) is 10.7. The number of carboxylic acids is 1. The molecule has 0 saturated carbocycles. The zero-order chi connectivity index (χ0) is 10.3. The molecule has 1 heterocycles. The van der Waals surface area contributed by atoms with Crippen LogP contribution in [0.25, 0.3) is 10.9 Å². The summed E-state index contributed by atoms with van der Waals surface area (Å²) in [7, 11) is 0. The van der Waals surface area contributed by atoms with Crippen molar-refractivity contribution in [2.45, 2.75) is 6.92 Å². The van der Waals surface area contributed by atoms with E-state index >= 15 is 0 Å². The molecule has 3 nitrogen and oxygen atoms in total. The Kier molecular flexibility index (Phi) is 1.97. The van der Waals surface area contributed by atoms with E-state index in [1.165, 1.54) is 0 Å². The molecule has 0 fully saturated rings. The fourth-order valence-electron chi connectivity index (χ4n) is 1.42. The van der Waals surface area contributed by atoms with Crippen molar-refractivity contribution in [1.29, 1.82) is 0 Å². The number of benzene rings is 1. The topological polar surface area (TPSA) is 53.1 Å². The predicted molar refractivity (Wildman–Crippen MR) is 55.0 cm³/mol. The average Bonchev–Trinajstić information content (AvgIpc) is 2.43. The maximum atomic E-state index is 10.8. The van der Waals surface area contributed by atoms with Crippen LogP contribution < -0.4 is 0 Å². The Bertz CT molecular complexity index is 516. The van der Waals surface area contributed by atoms with E-state index in [1.54, 1.807) is 0 Å². The van der Waals surface area contributed by atoms with E-state index in [-0.39, 0.29) is 10.7 Å². The third-order valence-electron chi connectivity index (χ3n) is 2.10. The van der Waals surface area contributed by atoms with Crippen LogP contribution in [0.5, 0.6) is 0 Å². The molecule has 0 aliphatic heterocycles. The lowest BCUT2D eigenvalue weighted by Crippen LogP contribution is -1.96. The van der Waals surface area contributed by atoms with Crippen LogP contribution in [0.3, 0.4) is 0 Å². The molecule has 0 amide bonds. The van der Waals surface area contributed by atoms with Gasteiger partial charge in [-0.05, 0) is 18.6 Å². The number of nitrogens with one attached hydrogen (secondary N) is 1. The predicted octanol–water partition coefficient (Wildman–Crippen LogP) is 2.83. The summed E-state index contributed by atoms with van der Waals surface area (Å²) in [5, 5.41) is 9.84. The Balaban J connectivity index is 2.79. The van der Waals surface area contributed by atoms with Gasteiger partial charge in [0.2, 0.25) is 0 Å². The number of aromatic amines is 1. The first-order valence-electron chi connectivity index (χ1n) is 4.10. The zero-order valence-electron chi connectivity index (χ0n) is 7.47. The largest absolute Gasteiger partial charge is 0.477 e. The van der Waals surface area contributed by atoms with Gasteiger partial charge in [0.15, 0.2) is 0 Å². The molecule has 0 unspecified atom stereocenters. The average molecular weight is 210 g/mol. The van der Waals surface area contributed by atoms with Gasteiger partial charge in [-0.25, -0.2) is 4.79 Å². The summed E-state index contributed by atoms with van der Waals surface area (Å²) in [4.78, 5) is 13.5. The molecule has 4 heteroatoms. The van der Waals surface area contributed by atoms with Crippen LogP contribution in [0.2, 0.25) is 5.02 Å². The van der Waals surface area contributed by atoms with E-state index in [0.29, 0.717) is 0 Å². The summed E-state index contributed by atoms with van der Waals surface area (Å²) in [5.74, 6) is -1.04. The van der Waals surface area contributed by atoms with Crippen molar-refractivity contribution in [2.75, 3.05) is 0 Å². The summed E-state index contributed by atoms with van der Waals surface area (Å²) in [6.45, 7) is 1.94. The van der Waals surface area contributed by atoms with Crippen molar-refractivity contribution in [3.63, 3.8) is 0 Å². The molecule has 0 saturated heterocycles. The highest BCUT2D eigenvalue weighted by molar-refractivity contribution is 6.38. The molecular weight excluding hydrogens is 202 g/mol. The van der Waals surface area contributed by atoms with Crippen molar-refractivity contribution >= 4 is 28.5 Å². The van der Waals surface area contributed by atoms with Gasteiger partial charge < -0.3 is 10.1 Å². The van der Waals surface area contributed by atoms with Crippen LogP contribution in [-0.4, -0.2) is 16.1 Å². The lowest BCUT2D eigenvalue weighted by Gasteiger charge is -1.91. The van der Waals surface area contributed by atoms with Crippen molar-refractivity contribution < 1.29 is 9.90 Å². The van der Waals surface area contributed by atoms with Crippen LogP contribution in [0.4, 0.5) is 0 Å². The minimum Gasteiger partial charge on any atom is -0.477 e. The fourth-order valence-corrected chi connectivity index (χ4v) is 1.72. The highest BCUT2D eigenvalue weighted by atomic mass is 35.5. The Morgan fingerprint density at radius 3 is 2.86 bits per heavy atom. The standard InChI is InChI=1S/C10H8ClNO2/c1-5-2-3-6-7(4-5)12-9(8(6)11)10(13)14/h2-4,12H,1H3,(H,13,14). The minimum atomic E-state index is -1.04. The number of carboxylic acid groups (broad SMARTS) is 1. The number of hydrogen-bond acceptors (Lipinski definition) is 1. The molecule has 72 valence electrons. The Labute approximate surface area is 85.3 Å². The monoisotopic (exact) mass is 209 g/mol. The van der Waals surface area contributed by atoms with Crippen molar-refractivity contribution in [1.82, 2.24) is 4.98 Å². The van der Waals surface area contributed by atoms with Gasteiger partial charge in [-0.3, -0.25) is 0 Å². The highest BCUT2D eigenvalue weighted by Gasteiger charge is 2.14. The van der Waals surface area contributed by atoms with Crippen LogP contribution in [0, 0.1) is 6.92 Å². The van der Waals surface area contributed by atoms with Crippen LogP contribution in [0.1, 0.15) is 16.1 Å². The summed E-state index contributed by atoms with van der Waals surface area (Å²) in [6.07, 6.45) is 0. The lowest BCUT2D eigenvalue weighted by atomic mass is 10.2. The maximum Gasteiger partial charge on any atom is 0.353 e. The Morgan fingerprint density at radius 1 is 1.50 bits per heavy atom. The molecule has 0 spiro atoms. The van der Waals surface area contributed by atoms with Gasteiger partial charge >= 0.3 is 5.97 Å². The number of carbonyl (C=O) groups is 1. The molecule has 0 aliphatic carbocycles. The van der Waals surface area contributed by atoms with E-state index in [4.69, 9.17) is 16.7 Å². The van der Waals surface area contributed by atoms with E-state index in [9.17, 15) is 4.79 Å². The molecule has 1 aromatic heterocycles. The Hall–Kier alpha value is -1.48. The molecule has 2 rings (SSSR count). The Morgan fingerprint density at radius 2 is 2.21 bits per heavy atom. The van der Waals surface area contributed by atoms with Crippen molar-refractivity contribution in [3.05, 3.63) is 34.5 Å². The number of halogens is 1. The summed E-state index contributed by atoms with van der Waals surface area (Å²) in [6, 6.07) is 5.58. The molecule has 2 N–H and O–H groups in total. The van der Waals surface area contributed by atoms with Gasteiger partial charge in [0.05, 0.1) is 5.02 Å². The first-order chi connectivity index (χ1) is 6.59. The number of aromatic nitrogens is 1. The number of rotatable bonds is 1. The lowest BCUT2D eigenvalue weighted by molar-refractivity contribution is 0.0692. The first-order valence-corrected chi connectivity index (χ1v) is 4.48. The second-order valence-electron chi connectivity index (χ2n) is 3.17. The van der Waals surface area contributed by atoms with Crippen LogP contribution >= 0.6 is 11.6 Å². The molecule has 0 radical (unpaired) electrons. The number of fused-ring (bicyclic) bond motifs is 1. The second kappa shape index (κ2) is 3.03. The molecule has 1 aromatic carbocycles. The van der Waals surface area contributed by atoms with Gasteiger partial charge in [0.1, 0.15) is 5.69 Å². The van der Waals surface area contributed by atoms with E-state index < -0.39 is 5.97 Å². The van der Waals surface area contributed by atoms with Gasteiger partial charge in [0, 0.05) is 10.9 Å². The molecular formula is C10H8ClNO2. The quantitative estimate of drug-likeness (QED) is 0.759. The second-order valence-corrected chi connectivity index (χ2v) is 3.55. The highest BCUT2D eigenvalue weighted by Crippen LogP contribution is 2.27. The number of hydrogen-bond donors (Lipinski definition) is 2. The minimum absolute atomic E-state index is 0.0484. The zero-order valence-corrected chi connectivity index (χ0v) is 8.22. The first kappa shape index (κ1) is 9.09. The van der Waals surface area contributed by atoms with Crippen LogP contribution in [0.15, 0.2) is 18.2 Å². The maximum absolute atomic E-state index is 10.8. The van der Waals surface area contributed by atoms with E-state index in [1.807, 2.05) is 25.1 Å². The molecule has 0 atom stereocenters. The summed E-state index contributed by atoms with van der Waals surface area (Å²) >= 11 is 5.89. The van der Waals surface area contributed by atoms with Gasteiger partial charge in [-0.15, -0.1) is 0 Å². The number of aromatic carboxylic acids is 1. The van der Waals surface area contributed by atoms with Gasteiger partial charge in [-0.2, -0.15) is 0 Å². The molecule has 2 aromatic rings. The van der Waals surface area contributed by atoms with Crippen molar-refractivity contribution in [3.8, 4) is 0 Å². The van der Waals surface area contributed by atoms with E-state index in [0.717, 1.165) is 16.5 Å². The smallest absolute Gasteiger partial charge is 0.353 e. The van der Waals surface area contributed by atoms with Gasteiger partial charge in [-0.1, -0.05) is 23.7 Å².